The van der Waals surface area contributed by atoms with Crippen molar-refractivity contribution in [3.63, 3.8) is 0 Å². The van der Waals surface area contributed by atoms with Gasteiger partial charge in [0.2, 0.25) is 5.91 Å². The second-order valence-electron chi connectivity index (χ2n) is 5.16. The van der Waals surface area contributed by atoms with Crippen LogP contribution in [-0.2, 0) is 4.79 Å². The van der Waals surface area contributed by atoms with E-state index in [-0.39, 0.29) is 12.5 Å². The lowest BCUT2D eigenvalue weighted by molar-refractivity contribution is -0.116. The van der Waals surface area contributed by atoms with Crippen LogP contribution in [0.5, 0.6) is 0 Å². The molecular weight excluding hydrogens is 242 g/mol. The zero-order chi connectivity index (χ0) is 13.8. The normalized spacial score (nSPS) is 17.4. The van der Waals surface area contributed by atoms with Crippen molar-refractivity contribution in [2.75, 3.05) is 11.4 Å². The molecule has 0 saturated heterocycles. The molecule has 2 rings (SSSR count). The molecule has 0 aromatic carbocycles. The average Bonchev–Trinajstić information content (AvgIpc) is 2.89. The number of aliphatic hydroxyl groups is 1. The smallest absolute Gasteiger partial charge is 0.237 e. The Labute approximate surface area is 113 Å². The predicted molar refractivity (Wildman–Crippen MR) is 73.7 cm³/mol. The minimum absolute atomic E-state index is 0.181. The molecule has 1 heterocycles. The Morgan fingerprint density at radius 1 is 1.58 bits per heavy atom. The molecule has 1 aliphatic rings. The SMILES string of the molecule is C[C@@H](O)c1ccnc(N(CC(N)=O)C2CCCC2)c1. The maximum absolute atomic E-state index is 11.3. The lowest BCUT2D eigenvalue weighted by Gasteiger charge is -2.29. The van der Waals surface area contributed by atoms with Crippen molar-refractivity contribution in [3.05, 3.63) is 23.9 Å². The van der Waals surface area contributed by atoms with Crippen LogP contribution in [0.4, 0.5) is 5.82 Å². The van der Waals surface area contributed by atoms with Crippen molar-refractivity contribution in [2.24, 2.45) is 5.73 Å². The van der Waals surface area contributed by atoms with Crippen molar-refractivity contribution in [1.82, 2.24) is 4.98 Å². The summed E-state index contributed by atoms with van der Waals surface area (Å²) in [7, 11) is 0. The summed E-state index contributed by atoms with van der Waals surface area (Å²) < 4.78 is 0. The van der Waals surface area contributed by atoms with Gasteiger partial charge in [0.25, 0.3) is 0 Å². The molecule has 0 bridgehead atoms. The van der Waals surface area contributed by atoms with E-state index in [9.17, 15) is 9.90 Å². The van der Waals surface area contributed by atoms with Gasteiger partial charge in [-0.15, -0.1) is 0 Å². The third kappa shape index (κ3) is 3.44. The molecule has 3 N–H and O–H groups in total. The van der Waals surface area contributed by atoms with Crippen LogP contribution in [-0.4, -0.2) is 28.6 Å². The Bertz CT molecular complexity index is 442. The van der Waals surface area contributed by atoms with Gasteiger partial charge in [-0.25, -0.2) is 4.98 Å². The van der Waals surface area contributed by atoms with E-state index in [2.05, 4.69) is 4.98 Å². The van der Waals surface area contributed by atoms with Crippen molar-refractivity contribution in [2.45, 2.75) is 44.8 Å². The largest absolute Gasteiger partial charge is 0.389 e. The lowest BCUT2D eigenvalue weighted by Crippen LogP contribution is -2.40. The topological polar surface area (TPSA) is 79.5 Å². The molecule has 0 unspecified atom stereocenters. The van der Waals surface area contributed by atoms with Gasteiger partial charge in [0, 0.05) is 12.2 Å². The second-order valence-corrected chi connectivity index (χ2v) is 5.16. The first-order valence-corrected chi connectivity index (χ1v) is 6.77. The van der Waals surface area contributed by atoms with Gasteiger partial charge in [0.15, 0.2) is 0 Å². The molecule has 1 fully saturated rings. The Hall–Kier alpha value is -1.62. The van der Waals surface area contributed by atoms with E-state index in [1.54, 1.807) is 19.2 Å². The summed E-state index contributed by atoms with van der Waals surface area (Å²) >= 11 is 0. The molecule has 104 valence electrons. The zero-order valence-electron chi connectivity index (χ0n) is 11.2. The minimum Gasteiger partial charge on any atom is -0.389 e. The van der Waals surface area contributed by atoms with Gasteiger partial charge in [0.1, 0.15) is 5.82 Å². The minimum atomic E-state index is -0.541. The molecule has 0 aliphatic heterocycles. The number of nitrogens with two attached hydrogens (primary N) is 1. The summed E-state index contributed by atoms with van der Waals surface area (Å²) in [6, 6.07) is 3.95. The number of anilines is 1. The number of rotatable bonds is 5. The summed E-state index contributed by atoms with van der Waals surface area (Å²) in [5.41, 5.74) is 6.14. The fourth-order valence-corrected chi connectivity index (χ4v) is 2.63. The Morgan fingerprint density at radius 3 is 2.84 bits per heavy atom. The maximum Gasteiger partial charge on any atom is 0.237 e. The molecule has 1 aliphatic carbocycles. The van der Waals surface area contributed by atoms with Gasteiger partial charge in [-0.2, -0.15) is 0 Å². The average molecular weight is 263 g/mol. The van der Waals surface area contributed by atoms with Crippen molar-refractivity contribution in [3.8, 4) is 0 Å². The zero-order valence-corrected chi connectivity index (χ0v) is 11.2. The highest BCUT2D eigenvalue weighted by molar-refractivity contribution is 5.79. The number of hydrogen-bond donors (Lipinski definition) is 2. The highest BCUT2D eigenvalue weighted by Gasteiger charge is 2.25. The monoisotopic (exact) mass is 263 g/mol. The first-order chi connectivity index (χ1) is 9.08. The Balaban J connectivity index is 2.25. The Morgan fingerprint density at radius 2 is 2.26 bits per heavy atom. The Kier molecular flexibility index (Phi) is 4.37. The number of primary amides is 1. The van der Waals surface area contributed by atoms with Crippen LogP contribution in [0.2, 0.25) is 0 Å². The maximum atomic E-state index is 11.3. The van der Waals surface area contributed by atoms with Gasteiger partial charge < -0.3 is 15.7 Å². The number of hydrogen-bond acceptors (Lipinski definition) is 4. The number of carbonyl (C=O) groups excluding carboxylic acids is 1. The number of carbonyl (C=O) groups is 1. The summed E-state index contributed by atoms with van der Waals surface area (Å²) in [4.78, 5) is 17.6. The van der Waals surface area contributed by atoms with Crippen LogP contribution in [0.25, 0.3) is 0 Å². The number of aromatic nitrogens is 1. The molecule has 1 saturated carbocycles. The molecular formula is C14H21N3O2. The van der Waals surface area contributed by atoms with Crippen LogP contribution in [0.1, 0.15) is 44.3 Å². The van der Waals surface area contributed by atoms with Gasteiger partial charge in [0.05, 0.1) is 12.6 Å². The summed E-state index contributed by atoms with van der Waals surface area (Å²) in [6.07, 6.45) is 5.61. The quantitative estimate of drug-likeness (QED) is 0.841. The molecule has 0 spiro atoms. The number of aliphatic hydroxyl groups excluding tert-OH is 1. The molecule has 5 heteroatoms. The highest BCUT2D eigenvalue weighted by atomic mass is 16.3. The fourth-order valence-electron chi connectivity index (χ4n) is 2.63. The number of amides is 1. The lowest BCUT2D eigenvalue weighted by atomic mass is 10.1. The van der Waals surface area contributed by atoms with Gasteiger partial charge >= 0.3 is 0 Å². The highest BCUT2D eigenvalue weighted by Crippen LogP contribution is 2.28. The first-order valence-electron chi connectivity index (χ1n) is 6.77. The first kappa shape index (κ1) is 13.8. The second kappa shape index (κ2) is 6.02. The van der Waals surface area contributed by atoms with E-state index in [1.807, 2.05) is 11.0 Å². The van der Waals surface area contributed by atoms with E-state index in [0.717, 1.165) is 24.2 Å². The van der Waals surface area contributed by atoms with E-state index < -0.39 is 6.10 Å². The van der Waals surface area contributed by atoms with Gasteiger partial charge in [-0.1, -0.05) is 12.8 Å². The van der Waals surface area contributed by atoms with E-state index in [4.69, 9.17) is 5.73 Å². The summed E-state index contributed by atoms with van der Waals surface area (Å²) in [6.45, 7) is 1.90. The van der Waals surface area contributed by atoms with E-state index >= 15 is 0 Å². The van der Waals surface area contributed by atoms with Crippen molar-refractivity contribution in [1.29, 1.82) is 0 Å². The number of pyridine rings is 1. The van der Waals surface area contributed by atoms with Crippen LogP contribution >= 0.6 is 0 Å². The van der Waals surface area contributed by atoms with Crippen LogP contribution in [0.15, 0.2) is 18.3 Å². The molecule has 1 aromatic heterocycles. The van der Waals surface area contributed by atoms with Gasteiger partial charge in [-0.05, 0) is 37.5 Å². The molecule has 5 nitrogen and oxygen atoms in total. The third-order valence-electron chi connectivity index (χ3n) is 3.64. The number of nitrogens with zero attached hydrogens (tertiary/aromatic N) is 2. The molecule has 0 radical (unpaired) electrons. The summed E-state index contributed by atoms with van der Waals surface area (Å²) in [5, 5.41) is 9.64. The van der Waals surface area contributed by atoms with E-state index in [0.29, 0.717) is 6.04 Å². The molecule has 19 heavy (non-hydrogen) atoms. The van der Waals surface area contributed by atoms with Crippen molar-refractivity contribution < 1.29 is 9.90 Å². The van der Waals surface area contributed by atoms with E-state index in [1.165, 1.54) is 12.8 Å². The standard InChI is InChI=1S/C14H21N3O2/c1-10(18)11-6-7-16-14(8-11)17(9-13(15)19)12-4-2-3-5-12/h6-8,10,12,18H,2-5,9H2,1H3,(H2,15,19)/t10-/m1/s1. The van der Waals surface area contributed by atoms with Crippen molar-refractivity contribution >= 4 is 11.7 Å². The van der Waals surface area contributed by atoms with Crippen LogP contribution < -0.4 is 10.6 Å². The summed E-state index contributed by atoms with van der Waals surface area (Å²) in [5.74, 6) is 0.375. The third-order valence-corrected chi connectivity index (χ3v) is 3.64. The van der Waals surface area contributed by atoms with Crippen LogP contribution in [0, 0.1) is 0 Å². The van der Waals surface area contributed by atoms with Gasteiger partial charge in [-0.3, -0.25) is 4.79 Å². The van der Waals surface area contributed by atoms with Crippen LogP contribution in [0.3, 0.4) is 0 Å². The molecule has 1 atom stereocenters. The molecule has 1 aromatic rings. The predicted octanol–water partition coefficient (Wildman–Crippen LogP) is 1.37. The molecule has 1 amide bonds. The fraction of sp³-hybridized carbons (Fsp3) is 0.571.